The zero-order valence-electron chi connectivity index (χ0n) is 11.5. The SMILES string of the molecule is CC(C)C1CCN(C(=O)c2cc(Cl)ccc2N)CC1. The van der Waals surface area contributed by atoms with E-state index < -0.39 is 0 Å². The molecule has 0 aromatic heterocycles. The van der Waals surface area contributed by atoms with Crippen LogP contribution in [0.2, 0.25) is 5.02 Å². The van der Waals surface area contributed by atoms with Crippen molar-refractivity contribution in [1.82, 2.24) is 4.90 Å². The predicted molar refractivity (Wildman–Crippen MR) is 79.3 cm³/mol. The molecular formula is C15H21ClN2O. The van der Waals surface area contributed by atoms with Crippen LogP contribution in [0.1, 0.15) is 37.0 Å². The van der Waals surface area contributed by atoms with Crippen LogP contribution in [-0.4, -0.2) is 23.9 Å². The van der Waals surface area contributed by atoms with Crippen molar-refractivity contribution in [1.29, 1.82) is 0 Å². The highest BCUT2D eigenvalue weighted by molar-refractivity contribution is 6.31. The number of nitrogens with two attached hydrogens (primary N) is 1. The first-order chi connectivity index (χ1) is 8.99. The molecule has 1 amide bonds. The quantitative estimate of drug-likeness (QED) is 0.844. The minimum Gasteiger partial charge on any atom is -0.398 e. The van der Waals surface area contributed by atoms with Crippen LogP contribution >= 0.6 is 11.6 Å². The Balaban J connectivity index is 2.07. The van der Waals surface area contributed by atoms with E-state index in [0.717, 1.165) is 31.8 Å². The molecule has 4 heteroatoms. The summed E-state index contributed by atoms with van der Waals surface area (Å²) in [6.45, 7) is 6.12. The number of likely N-dealkylation sites (tertiary alicyclic amines) is 1. The smallest absolute Gasteiger partial charge is 0.255 e. The number of hydrogen-bond acceptors (Lipinski definition) is 2. The molecule has 2 rings (SSSR count). The molecule has 0 spiro atoms. The molecule has 1 aliphatic heterocycles. The van der Waals surface area contributed by atoms with Gasteiger partial charge in [-0.25, -0.2) is 0 Å². The van der Waals surface area contributed by atoms with Crippen LogP contribution in [0.25, 0.3) is 0 Å². The second-order valence-corrected chi connectivity index (χ2v) is 6.04. The number of carbonyl (C=O) groups is 1. The molecule has 1 aliphatic rings. The molecule has 0 unspecified atom stereocenters. The summed E-state index contributed by atoms with van der Waals surface area (Å²) in [5, 5.41) is 0.551. The highest BCUT2D eigenvalue weighted by Gasteiger charge is 2.26. The van der Waals surface area contributed by atoms with Crippen molar-refractivity contribution >= 4 is 23.2 Å². The Morgan fingerprint density at radius 3 is 2.58 bits per heavy atom. The molecule has 0 aliphatic carbocycles. The van der Waals surface area contributed by atoms with E-state index in [1.807, 2.05) is 4.90 Å². The Kier molecular flexibility index (Phi) is 4.35. The highest BCUT2D eigenvalue weighted by atomic mass is 35.5. The molecular weight excluding hydrogens is 260 g/mol. The van der Waals surface area contributed by atoms with Gasteiger partial charge < -0.3 is 10.6 Å². The van der Waals surface area contributed by atoms with E-state index in [1.54, 1.807) is 18.2 Å². The largest absolute Gasteiger partial charge is 0.398 e. The summed E-state index contributed by atoms with van der Waals surface area (Å²) >= 11 is 5.94. The number of hydrogen-bond donors (Lipinski definition) is 1. The normalized spacial score (nSPS) is 16.9. The maximum Gasteiger partial charge on any atom is 0.255 e. The van der Waals surface area contributed by atoms with Crippen LogP contribution in [0.3, 0.4) is 0 Å². The fraction of sp³-hybridized carbons (Fsp3) is 0.533. The second-order valence-electron chi connectivity index (χ2n) is 5.61. The number of rotatable bonds is 2. The van der Waals surface area contributed by atoms with E-state index in [2.05, 4.69) is 13.8 Å². The lowest BCUT2D eigenvalue weighted by atomic mass is 9.86. The molecule has 1 aromatic carbocycles. The van der Waals surface area contributed by atoms with E-state index in [-0.39, 0.29) is 5.91 Å². The van der Waals surface area contributed by atoms with Crippen LogP contribution in [0.15, 0.2) is 18.2 Å². The van der Waals surface area contributed by atoms with Gasteiger partial charge in [0.05, 0.1) is 5.56 Å². The predicted octanol–water partition coefficient (Wildman–Crippen LogP) is 3.43. The molecule has 3 nitrogen and oxygen atoms in total. The van der Waals surface area contributed by atoms with Crippen LogP contribution < -0.4 is 5.73 Å². The molecule has 0 atom stereocenters. The van der Waals surface area contributed by atoms with Gasteiger partial charge in [0, 0.05) is 23.8 Å². The van der Waals surface area contributed by atoms with Gasteiger partial charge in [-0.3, -0.25) is 4.79 Å². The first-order valence-electron chi connectivity index (χ1n) is 6.83. The topological polar surface area (TPSA) is 46.3 Å². The van der Waals surface area contributed by atoms with Crippen LogP contribution in [0.4, 0.5) is 5.69 Å². The lowest BCUT2D eigenvalue weighted by Crippen LogP contribution is -2.39. The molecule has 2 N–H and O–H groups in total. The van der Waals surface area contributed by atoms with Gasteiger partial charge in [-0.05, 0) is 42.9 Å². The molecule has 0 saturated carbocycles. The van der Waals surface area contributed by atoms with Crippen molar-refractivity contribution in [2.45, 2.75) is 26.7 Å². The van der Waals surface area contributed by atoms with E-state index in [4.69, 9.17) is 17.3 Å². The van der Waals surface area contributed by atoms with Crippen molar-refractivity contribution in [3.63, 3.8) is 0 Å². The monoisotopic (exact) mass is 280 g/mol. The van der Waals surface area contributed by atoms with E-state index in [0.29, 0.717) is 22.2 Å². The average Bonchev–Trinajstić information content (AvgIpc) is 2.41. The Labute approximate surface area is 119 Å². The van der Waals surface area contributed by atoms with Crippen molar-refractivity contribution < 1.29 is 4.79 Å². The molecule has 104 valence electrons. The van der Waals surface area contributed by atoms with Gasteiger partial charge in [-0.2, -0.15) is 0 Å². The fourth-order valence-corrected chi connectivity index (χ4v) is 2.83. The van der Waals surface area contributed by atoms with Crippen molar-refractivity contribution in [2.75, 3.05) is 18.8 Å². The Hall–Kier alpha value is -1.22. The van der Waals surface area contributed by atoms with Gasteiger partial charge in [0.1, 0.15) is 0 Å². The number of carbonyl (C=O) groups excluding carboxylic acids is 1. The van der Waals surface area contributed by atoms with Crippen molar-refractivity contribution in [3.05, 3.63) is 28.8 Å². The summed E-state index contributed by atoms with van der Waals surface area (Å²) in [6, 6.07) is 5.06. The summed E-state index contributed by atoms with van der Waals surface area (Å²) in [4.78, 5) is 14.3. The minimum absolute atomic E-state index is 0.00204. The molecule has 1 heterocycles. The van der Waals surface area contributed by atoms with E-state index >= 15 is 0 Å². The summed E-state index contributed by atoms with van der Waals surface area (Å²) in [5.41, 5.74) is 6.89. The van der Waals surface area contributed by atoms with Gasteiger partial charge >= 0.3 is 0 Å². The summed E-state index contributed by atoms with van der Waals surface area (Å²) < 4.78 is 0. The number of halogens is 1. The maximum absolute atomic E-state index is 12.4. The summed E-state index contributed by atoms with van der Waals surface area (Å²) in [7, 11) is 0. The number of nitrogens with zero attached hydrogens (tertiary/aromatic N) is 1. The first kappa shape index (κ1) is 14.2. The van der Waals surface area contributed by atoms with Crippen LogP contribution in [-0.2, 0) is 0 Å². The molecule has 1 saturated heterocycles. The average molecular weight is 281 g/mol. The van der Waals surface area contributed by atoms with Gasteiger partial charge in [0.2, 0.25) is 0 Å². The summed E-state index contributed by atoms with van der Waals surface area (Å²) in [6.07, 6.45) is 2.15. The Morgan fingerprint density at radius 2 is 2.00 bits per heavy atom. The standard InChI is InChI=1S/C15H21ClN2O/c1-10(2)11-5-7-18(8-6-11)15(19)13-9-12(16)3-4-14(13)17/h3-4,9-11H,5-8,17H2,1-2H3. The Morgan fingerprint density at radius 1 is 1.37 bits per heavy atom. The number of benzene rings is 1. The first-order valence-corrected chi connectivity index (χ1v) is 7.21. The number of anilines is 1. The highest BCUT2D eigenvalue weighted by Crippen LogP contribution is 2.27. The van der Waals surface area contributed by atoms with Gasteiger partial charge in [0.15, 0.2) is 0 Å². The minimum atomic E-state index is 0.00204. The molecule has 1 aromatic rings. The van der Waals surface area contributed by atoms with E-state index in [1.165, 1.54) is 0 Å². The third-order valence-electron chi connectivity index (χ3n) is 4.02. The Bertz CT molecular complexity index is 465. The number of amides is 1. The molecule has 19 heavy (non-hydrogen) atoms. The second kappa shape index (κ2) is 5.83. The lowest BCUT2D eigenvalue weighted by Gasteiger charge is -2.34. The summed E-state index contributed by atoms with van der Waals surface area (Å²) in [5.74, 6) is 1.41. The zero-order valence-corrected chi connectivity index (χ0v) is 12.3. The van der Waals surface area contributed by atoms with E-state index in [9.17, 15) is 4.79 Å². The molecule has 0 bridgehead atoms. The van der Waals surface area contributed by atoms with Crippen LogP contribution in [0, 0.1) is 11.8 Å². The van der Waals surface area contributed by atoms with Crippen LogP contribution in [0.5, 0.6) is 0 Å². The van der Waals surface area contributed by atoms with Crippen molar-refractivity contribution in [2.24, 2.45) is 11.8 Å². The lowest BCUT2D eigenvalue weighted by molar-refractivity contribution is 0.0669. The third kappa shape index (κ3) is 3.21. The zero-order chi connectivity index (χ0) is 14.0. The molecule has 1 fully saturated rings. The third-order valence-corrected chi connectivity index (χ3v) is 4.25. The number of nitrogen functional groups attached to an aromatic ring is 1. The van der Waals surface area contributed by atoms with Crippen molar-refractivity contribution in [3.8, 4) is 0 Å². The fourth-order valence-electron chi connectivity index (χ4n) is 2.65. The number of piperidine rings is 1. The van der Waals surface area contributed by atoms with Gasteiger partial charge in [0.25, 0.3) is 5.91 Å². The molecule has 0 radical (unpaired) electrons. The van der Waals surface area contributed by atoms with Gasteiger partial charge in [-0.15, -0.1) is 0 Å². The van der Waals surface area contributed by atoms with Gasteiger partial charge in [-0.1, -0.05) is 25.4 Å². The maximum atomic E-state index is 12.4.